The van der Waals surface area contributed by atoms with E-state index in [2.05, 4.69) is 0 Å². The van der Waals surface area contributed by atoms with E-state index in [1.54, 1.807) is 6.07 Å². The Bertz CT molecular complexity index is 278. The molecule has 0 bridgehead atoms. The van der Waals surface area contributed by atoms with Crippen LogP contribution in [0.4, 0.5) is 0 Å². The fourth-order valence-corrected chi connectivity index (χ4v) is 1.79. The van der Waals surface area contributed by atoms with E-state index in [9.17, 15) is 0 Å². The number of halogens is 1. The molecule has 1 saturated carbocycles. The van der Waals surface area contributed by atoms with Gasteiger partial charge in [-0.05, 0) is 49.5 Å². The second-order valence-electron chi connectivity index (χ2n) is 3.42. The monoisotopic (exact) mass is 185 g/mol. The summed E-state index contributed by atoms with van der Waals surface area (Å²) < 4.78 is 5.37. The van der Waals surface area contributed by atoms with Gasteiger partial charge in [0.15, 0.2) is 5.22 Å². The molecule has 1 fully saturated rings. The van der Waals surface area contributed by atoms with E-state index in [1.807, 2.05) is 6.07 Å². The zero-order valence-corrected chi connectivity index (χ0v) is 7.60. The van der Waals surface area contributed by atoms with Gasteiger partial charge in [-0.3, -0.25) is 0 Å². The molecule has 0 amide bonds. The van der Waals surface area contributed by atoms with Crippen molar-refractivity contribution in [1.82, 2.24) is 0 Å². The molecule has 12 heavy (non-hydrogen) atoms. The summed E-state index contributed by atoms with van der Waals surface area (Å²) in [7, 11) is 0. The maximum Gasteiger partial charge on any atom is 0.193 e. The lowest BCUT2D eigenvalue weighted by atomic mass is 10.00. The highest BCUT2D eigenvalue weighted by Gasteiger charge is 2.46. The van der Waals surface area contributed by atoms with Crippen LogP contribution in [0.5, 0.6) is 0 Å². The summed E-state index contributed by atoms with van der Waals surface area (Å²) in [6.45, 7) is 0.721. The summed E-state index contributed by atoms with van der Waals surface area (Å²) >= 11 is 5.70. The maximum absolute atomic E-state index is 5.70. The van der Waals surface area contributed by atoms with Crippen LogP contribution in [0.3, 0.4) is 0 Å². The molecule has 0 saturated heterocycles. The van der Waals surface area contributed by atoms with Crippen molar-refractivity contribution >= 4 is 11.6 Å². The summed E-state index contributed by atoms with van der Waals surface area (Å²) in [6, 6.07) is 3.76. The van der Waals surface area contributed by atoms with Crippen LogP contribution < -0.4 is 5.73 Å². The molecule has 0 spiro atoms. The van der Waals surface area contributed by atoms with Gasteiger partial charge in [-0.2, -0.15) is 0 Å². The lowest BCUT2D eigenvalue weighted by Crippen LogP contribution is -2.12. The fraction of sp³-hybridized carbons (Fsp3) is 0.556. The first-order valence-electron chi connectivity index (χ1n) is 4.23. The molecule has 1 aliphatic carbocycles. The van der Waals surface area contributed by atoms with E-state index in [0.29, 0.717) is 5.22 Å². The molecule has 1 aromatic rings. The average molecular weight is 186 g/mol. The fourth-order valence-electron chi connectivity index (χ4n) is 1.65. The van der Waals surface area contributed by atoms with Gasteiger partial charge in [0.05, 0.1) is 0 Å². The molecule has 0 atom stereocenters. The standard InChI is InChI=1S/C9H12ClNO/c10-8-2-1-7(12-8)9(3-4-9)5-6-11/h1-2H,3-6,11H2. The lowest BCUT2D eigenvalue weighted by Gasteiger charge is -2.09. The third-order valence-corrected chi connectivity index (χ3v) is 2.78. The summed E-state index contributed by atoms with van der Waals surface area (Å²) in [5.41, 5.74) is 5.76. The zero-order valence-electron chi connectivity index (χ0n) is 6.85. The first-order chi connectivity index (χ1) is 5.77. The molecule has 1 aliphatic rings. The molecule has 2 rings (SSSR count). The number of nitrogens with two attached hydrogens (primary N) is 1. The normalized spacial score (nSPS) is 19.5. The molecular weight excluding hydrogens is 174 g/mol. The second kappa shape index (κ2) is 2.79. The van der Waals surface area contributed by atoms with Gasteiger partial charge >= 0.3 is 0 Å². The minimum absolute atomic E-state index is 0.238. The van der Waals surface area contributed by atoms with Gasteiger partial charge in [0.1, 0.15) is 5.76 Å². The zero-order chi connectivity index (χ0) is 8.60. The SMILES string of the molecule is NCCC1(c2ccc(Cl)o2)CC1. The Kier molecular flexibility index (Phi) is 1.89. The molecule has 1 aromatic heterocycles. The molecule has 2 N–H and O–H groups in total. The first kappa shape index (κ1) is 8.14. The van der Waals surface area contributed by atoms with Crippen LogP contribution in [-0.2, 0) is 5.41 Å². The van der Waals surface area contributed by atoms with Crippen molar-refractivity contribution in [2.75, 3.05) is 6.54 Å². The predicted molar refractivity (Wildman–Crippen MR) is 48.3 cm³/mol. The van der Waals surface area contributed by atoms with E-state index in [-0.39, 0.29) is 5.41 Å². The van der Waals surface area contributed by atoms with Gasteiger partial charge in [-0.15, -0.1) is 0 Å². The smallest absolute Gasteiger partial charge is 0.193 e. The molecule has 0 aliphatic heterocycles. The second-order valence-corrected chi connectivity index (χ2v) is 3.80. The number of rotatable bonds is 3. The van der Waals surface area contributed by atoms with Crippen LogP contribution >= 0.6 is 11.6 Å². The largest absolute Gasteiger partial charge is 0.449 e. The Morgan fingerprint density at radius 2 is 2.25 bits per heavy atom. The first-order valence-corrected chi connectivity index (χ1v) is 4.60. The van der Waals surface area contributed by atoms with Crippen LogP contribution in [0, 0.1) is 0 Å². The third-order valence-electron chi connectivity index (χ3n) is 2.57. The Morgan fingerprint density at radius 3 is 2.67 bits per heavy atom. The van der Waals surface area contributed by atoms with Crippen molar-refractivity contribution in [3.8, 4) is 0 Å². The number of hydrogen-bond acceptors (Lipinski definition) is 2. The molecule has 1 heterocycles. The Hall–Kier alpha value is -0.470. The van der Waals surface area contributed by atoms with Crippen LogP contribution in [0.15, 0.2) is 16.5 Å². The molecular formula is C9H12ClNO. The highest BCUT2D eigenvalue weighted by molar-refractivity contribution is 6.28. The van der Waals surface area contributed by atoms with Gasteiger partial charge in [0.25, 0.3) is 0 Å². The summed E-state index contributed by atoms with van der Waals surface area (Å²) in [4.78, 5) is 0. The van der Waals surface area contributed by atoms with Crippen LogP contribution in [0.2, 0.25) is 5.22 Å². The third kappa shape index (κ3) is 1.25. The van der Waals surface area contributed by atoms with E-state index in [4.69, 9.17) is 21.8 Å². The lowest BCUT2D eigenvalue weighted by molar-refractivity contribution is 0.438. The van der Waals surface area contributed by atoms with Gasteiger partial charge in [0, 0.05) is 5.41 Å². The highest BCUT2D eigenvalue weighted by Crippen LogP contribution is 2.51. The summed E-state index contributed by atoms with van der Waals surface area (Å²) in [5, 5.41) is 0.480. The van der Waals surface area contributed by atoms with Gasteiger partial charge in [-0.25, -0.2) is 0 Å². The van der Waals surface area contributed by atoms with E-state index in [1.165, 1.54) is 12.8 Å². The topological polar surface area (TPSA) is 39.2 Å². The molecule has 2 nitrogen and oxygen atoms in total. The van der Waals surface area contributed by atoms with E-state index >= 15 is 0 Å². The van der Waals surface area contributed by atoms with Crippen LogP contribution in [0.1, 0.15) is 25.0 Å². The van der Waals surface area contributed by atoms with Crippen molar-refractivity contribution in [3.63, 3.8) is 0 Å². The Balaban J connectivity index is 2.18. The van der Waals surface area contributed by atoms with Gasteiger partial charge in [0.2, 0.25) is 0 Å². The summed E-state index contributed by atoms with van der Waals surface area (Å²) in [6.07, 6.45) is 3.39. The van der Waals surface area contributed by atoms with Crippen LogP contribution in [0.25, 0.3) is 0 Å². The maximum atomic E-state index is 5.70. The Labute approximate surface area is 76.7 Å². The average Bonchev–Trinajstić information content (AvgIpc) is 2.69. The van der Waals surface area contributed by atoms with Gasteiger partial charge in [-0.1, -0.05) is 0 Å². The van der Waals surface area contributed by atoms with E-state index < -0.39 is 0 Å². The number of furan rings is 1. The van der Waals surface area contributed by atoms with Crippen LogP contribution in [-0.4, -0.2) is 6.54 Å². The van der Waals surface area contributed by atoms with Crippen molar-refractivity contribution in [3.05, 3.63) is 23.1 Å². The highest BCUT2D eigenvalue weighted by atomic mass is 35.5. The molecule has 0 aromatic carbocycles. The van der Waals surface area contributed by atoms with Crippen molar-refractivity contribution in [2.24, 2.45) is 5.73 Å². The van der Waals surface area contributed by atoms with Crippen molar-refractivity contribution in [2.45, 2.75) is 24.7 Å². The van der Waals surface area contributed by atoms with Gasteiger partial charge < -0.3 is 10.2 Å². The predicted octanol–water partition coefficient (Wildman–Crippen LogP) is 2.31. The summed E-state index contributed by atoms with van der Waals surface area (Å²) in [5.74, 6) is 1.01. The van der Waals surface area contributed by atoms with Crippen molar-refractivity contribution in [1.29, 1.82) is 0 Å². The molecule has 0 unspecified atom stereocenters. The minimum Gasteiger partial charge on any atom is -0.449 e. The van der Waals surface area contributed by atoms with Crippen molar-refractivity contribution < 1.29 is 4.42 Å². The molecule has 3 heteroatoms. The Morgan fingerprint density at radius 1 is 1.50 bits per heavy atom. The minimum atomic E-state index is 0.238. The molecule has 0 radical (unpaired) electrons. The number of hydrogen-bond donors (Lipinski definition) is 1. The van der Waals surface area contributed by atoms with E-state index in [0.717, 1.165) is 18.7 Å². The quantitative estimate of drug-likeness (QED) is 0.785. The molecule has 66 valence electrons.